The Morgan fingerprint density at radius 1 is 1.14 bits per heavy atom. The lowest BCUT2D eigenvalue weighted by Crippen LogP contribution is -2.20. The SMILES string of the molecule is CCOc1ccc(-c2cccc(CS(=O)CC(N)=O)c2)cc1. The molecule has 0 bridgehead atoms. The molecule has 2 N–H and O–H groups in total. The fourth-order valence-corrected chi connectivity index (χ4v) is 3.12. The number of hydrogen-bond donors (Lipinski definition) is 1. The fraction of sp³-hybridized carbons (Fsp3) is 0.235. The van der Waals surface area contributed by atoms with Gasteiger partial charge in [-0.2, -0.15) is 0 Å². The predicted molar refractivity (Wildman–Crippen MR) is 89.0 cm³/mol. The van der Waals surface area contributed by atoms with Crippen molar-refractivity contribution in [1.82, 2.24) is 0 Å². The highest BCUT2D eigenvalue weighted by Crippen LogP contribution is 2.23. The summed E-state index contributed by atoms with van der Waals surface area (Å²) in [6.45, 7) is 2.59. The molecular formula is C17H19NO3S. The van der Waals surface area contributed by atoms with E-state index in [1.165, 1.54) is 0 Å². The first-order valence-corrected chi connectivity index (χ1v) is 8.52. The van der Waals surface area contributed by atoms with Gasteiger partial charge in [0.15, 0.2) is 0 Å². The smallest absolute Gasteiger partial charge is 0.230 e. The van der Waals surface area contributed by atoms with Crippen LogP contribution in [0.2, 0.25) is 0 Å². The summed E-state index contributed by atoms with van der Waals surface area (Å²) >= 11 is 0. The van der Waals surface area contributed by atoms with E-state index in [9.17, 15) is 9.00 Å². The molecular weight excluding hydrogens is 298 g/mol. The van der Waals surface area contributed by atoms with Crippen LogP contribution < -0.4 is 10.5 Å². The first-order chi connectivity index (χ1) is 10.6. The molecule has 4 nitrogen and oxygen atoms in total. The average molecular weight is 317 g/mol. The van der Waals surface area contributed by atoms with Crippen LogP contribution in [0.4, 0.5) is 0 Å². The van der Waals surface area contributed by atoms with Crippen LogP contribution in [-0.4, -0.2) is 22.5 Å². The van der Waals surface area contributed by atoms with Crippen LogP contribution in [0.5, 0.6) is 5.75 Å². The second-order valence-electron chi connectivity index (χ2n) is 4.85. The number of rotatable bonds is 7. The molecule has 1 atom stereocenters. The van der Waals surface area contributed by atoms with Crippen molar-refractivity contribution >= 4 is 16.7 Å². The lowest BCUT2D eigenvalue weighted by atomic mass is 10.0. The van der Waals surface area contributed by atoms with Gasteiger partial charge in [-0.3, -0.25) is 9.00 Å². The minimum atomic E-state index is -1.27. The largest absolute Gasteiger partial charge is 0.494 e. The molecule has 2 rings (SSSR count). The maximum atomic E-state index is 11.8. The normalized spacial score (nSPS) is 11.9. The van der Waals surface area contributed by atoms with Crippen LogP contribution in [0.3, 0.4) is 0 Å². The van der Waals surface area contributed by atoms with E-state index in [1.807, 2.05) is 55.5 Å². The highest BCUT2D eigenvalue weighted by atomic mass is 32.2. The van der Waals surface area contributed by atoms with Crippen LogP contribution >= 0.6 is 0 Å². The molecule has 0 spiro atoms. The topological polar surface area (TPSA) is 69.4 Å². The van der Waals surface area contributed by atoms with Crippen molar-refractivity contribution in [2.24, 2.45) is 5.73 Å². The summed E-state index contributed by atoms with van der Waals surface area (Å²) in [5.41, 5.74) is 8.08. The van der Waals surface area contributed by atoms with Crippen LogP contribution in [0, 0.1) is 0 Å². The van der Waals surface area contributed by atoms with Crippen molar-refractivity contribution < 1.29 is 13.7 Å². The molecule has 0 saturated carbocycles. The van der Waals surface area contributed by atoms with Gasteiger partial charge in [0.05, 0.1) is 6.61 Å². The standard InChI is InChI=1S/C17H19NO3S/c1-2-21-16-8-6-14(7-9-16)15-5-3-4-13(10-15)11-22(20)12-17(18)19/h3-10H,2,11-12H2,1H3,(H2,18,19). The van der Waals surface area contributed by atoms with Gasteiger partial charge in [0, 0.05) is 16.6 Å². The maximum Gasteiger partial charge on any atom is 0.230 e. The number of hydrogen-bond acceptors (Lipinski definition) is 3. The predicted octanol–water partition coefficient (Wildman–Crippen LogP) is 2.49. The number of ether oxygens (including phenoxy) is 1. The number of primary amides is 1. The highest BCUT2D eigenvalue weighted by molar-refractivity contribution is 7.84. The summed E-state index contributed by atoms with van der Waals surface area (Å²) < 4.78 is 17.2. The zero-order valence-corrected chi connectivity index (χ0v) is 13.3. The molecule has 22 heavy (non-hydrogen) atoms. The first-order valence-electron chi connectivity index (χ1n) is 7.04. The number of amides is 1. The molecule has 0 aliphatic rings. The molecule has 0 aromatic heterocycles. The van der Waals surface area contributed by atoms with Crippen LogP contribution in [0.1, 0.15) is 12.5 Å². The summed E-state index contributed by atoms with van der Waals surface area (Å²) in [7, 11) is -1.27. The maximum absolute atomic E-state index is 11.8. The van der Waals surface area contributed by atoms with Crippen molar-refractivity contribution in [2.75, 3.05) is 12.4 Å². The molecule has 0 saturated heterocycles. The lowest BCUT2D eigenvalue weighted by molar-refractivity contribution is -0.115. The minimum absolute atomic E-state index is 0.104. The Balaban J connectivity index is 2.13. The van der Waals surface area contributed by atoms with Gasteiger partial charge in [0.2, 0.25) is 5.91 Å². The van der Waals surface area contributed by atoms with E-state index in [2.05, 4.69) is 0 Å². The van der Waals surface area contributed by atoms with E-state index < -0.39 is 16.7 Å². The second-order valence-corrected chi connectivity index (χ2v) is 6.31. The van der Waals surface area contributed by atoms with Crippen LogP contribution in [0.25, 0.3) is 11.1 Å². The van der Waals surface area contributed by atoms with Gasteiger partial charge in [-0.05, 0) is 35.7 Å². The molecule has 0 fully saturated rings. The van der Waals surface area contributed by atoms with Crippen LogP contribution in [0.15, 0.2) is 48.5 Å². The average Bonchev–Trinajstić information content (AvgIpc) is 2.47. The summed E-state index contributed by atoms with van der Waals surface area (Å²) in [4.78, 5) is 10.8. The zero-order chi connectivity index (χ0) is 15.9. The Kier molecular flexibility index (Phi) is 5.72. The number of carbonyl (C=O) groups is 1. The Morgan fingerprint density at radius 2 is 1.86 bits per heavy atom. The van der Waals surface area contributed by atoms with E-state index in [0.717, 1.165) is 22.4 Å². The Hall–Kier alpha value is -2.14. The van der Waals surface area contributed by atoms with E-state index in [1.54, 1.807) is 0 Å². The second kappa shape index (κ2) is 7.75. The first kappa shape index (κ1) is 16.2. The molecule has 1 unspecified atom stereocenters. The summed E-state index contributed by atoms with van der Waals surface area (Å²) in [5, 5.41) is 0. The van der Waals surface area contributed by atoms with E-state index >= 15 is 0 Å². The van der Waals surface area contributed by atoms with Crippen molar-refractivity contribution in [3.63, 3.8) is 0 Å². The monoisotopic (exact) mass is 317 g/mol. The third-order valence-corrected chi connectivity index (χ3v) is 4.32. The molecule has 0 aliphatic heterocycles. The van der Waals surface area contributed by atoms with Gasteiger partial charge in [0.1, 0.15) is 11.5 Å². The fourth-order valence-electron chi connectivity index (χ4n) is 2.15. The molecule has 0 aliphatic carbocycles. The lowest BCUT2D eigenvalue weighted by Gasteiger charge is -2.07. The van der Waals surface area contributed by atoms with Gasteiger partial charge in [-0.25, -0.2) is 0 Å². The molecule has 0 heterocycles. The van der Waals surface area contributed by atoms with E-state index in [4.69, 9.17) is 10.5 Å². The third-order valence-electron chi connectivity index (χ3n) is 3.06. The van der Waals surface area contributed by atoms with Gasteiger partial charge in [-0.1, -0.05) is 36.4 Å². The third kappa shape index (κ3) is 4.70. The highest BCUT2D eigenvalue weighted by Gasteiger charge is 2.07. The number of benzene rings is 2. The van der Waals surface area contributed by atoms with Gasteiger partial charge in [0.25, 0.3) is 0 Å². The molecule has 2 aromatic rings. The van der Waals surface area contributed by atoms with E-state index in [0.29, 0.717) is 12.4 Å². The summed E-state index contributed by atoms with van der Waals surface area (Å²) in [5.74, 6) is 0.520. The summed E-state index contributed by atoms with van der Waals surface area (Å²) in [6.07, 6.45) is 0. The Bertz CT molecular complexity index is 668. The van der Waals surface area contributed by atoms with Gasteiger partial charge >= 0.3 is 0 Å². The van der Waals surface area contributed by atoms with Crippen molar-refractivity contribution in [2.45, 2.75) is 12.7 Å². The van der Waals surface area contributed by atoms with E-state index in [-0.39, 0.29) is 5.75 Å². The molecule has 5 heteroatoms. The number of carbonyl (C=O) groups excluding carboxylic acids is 1. The molecule has 2 aromatic carbocycles. The van der Waals surface area contributed by atoms with Gasteiger partial charge in [-0.15, -0.1) is 0 Å². The quantitative estimate of drug-likeness (QED) is 0.853. The number of nitrogens with two attached hydrogens (primary N) is 1. The molecule has 0 radical (unpaired) electrons. The summed E-state index contributed by atoms with van der Waals surface area (Å²) in [6, 6.07) is 15.6. The van der Waals surface area contributed by atoms with Crippen LogP contribution in [-0.2, 0) is 21.3 Å². The van der Waals surface area contributed by atoms with Crippen molar-refractivity contribution in [3.05, 3.63) is 54.1 Å². The van der Waals surface area contributed by atoms with Gasteiger partial charge < -0.3 is 10.5 Å². The Morgan fingerprint density at radius 3 is 2.50 bits per heavy atom. The van der Waals surface area contributed by atoms with Crippen molar-refractivity contribution in [1.29, 1.82) is 0 Å². The molecule has 116 valence electrons. The minimum Gasteiger partial charge on any atom is -0.494 e. The zero-order valence-electron chi connectivity index (χ0n) is 12.5. The molecule has 1 amide bonds. The Labute approximate surface area is 132 Å². The van der Waals surface area contributed by atoms with Crippen molar-refractivity contribution in [3.8, 4) is 16.9 Å².